The van der Waals surface area contributed by atoms with E-state index in [1.807, 2.05) is 25.7 Å². The van der Waals surface area contributed by atoms with Crippen LogP contribution in [0, 0.1) is 26.7 Å². The summed E-state index contributed by atoms with van der Waals surface area (Å²) in [4.78, 5) is 19.3. The van der Waals surface area contributed by atoms with Crippen LogP contribution in [0.3, 0.4) is 0 Å². The molecule has 2 aromatic heterocycles. The molecule has 2 fully saturated rings. The summed E-state index contributed by atoms with van der Waals surface area (Å²) in [6, 6.07) is 0. The molecular formula is C20H28N4O3. The number of hydrogen-bond donors (Lipinski definition) is 0. The zero-order valence-electron chi connectivity index (χ0n) is 16.5. The summed E-state index contributed by atoms with van der Waals surface area (Å²) in [5, 5.41) is 8.22. The Balaban J connectivity index is 1.38. The van der Waals surface area contributed by atoms with Gasteiger partial charge >= 0.3 is 0 Å². The summed E-state index contributed by atoms with van der Waals surface area (Å²) in [6.45, 7) is 7.20. The molecule has 1 amide bonds. The molecule has 0 atom stereocenters. The fourth-order valence-corrected chi connectivity index (χ4v) is 4.34. The molecule has 7 nitrogen and oxygen atoms in total. The van der Waals surface area contributed by atoms with E-state index in [2.05, 4.69) is 15.3 Å². The zero-order chi connectivity index (χ0) is 19.0. The van der Waals surface area contributed by atoms with Crippen LogP contribution in [-0.2, 0) is 16.6 Å². The molecule has 2 aliphatic rings. The van der Waals surface area contributed by atoms with Gasteiger partial charge in [0.1, 0.15) is 5.76 Å². The molecule has 1 saturated heterocycles. The normalized spacial score (nSPS) is 19.4. The van der Waals surface area contributed by atoms with E-state index in [0.717, 1.165) is 61.1 Å². The number of carbonyl (C=O) groups is 1. The van der Waals surface area contributed by atoms with E-state index >= 15 is 0 Å². The van der Waals surface area contributed by atoms with E-state index in [-0.39, 0.29) is 11.3 Å². The van der Waals surface area contributed by atoms with Crippen LogP contribution >= 0.6 is 0 Å². The molecule has 4 rings (SSSR count). The maximum atomic E-state index is 12.7. The van der Waals surface area contributed by atoms with Gasteiger partial charge in [-0.3, -0.25) is 4.79 Å². The number of rotatable bonds is 6. The maximum absolute atomic E-state index is 12.7. The fraction of sp³-hybridized carbons (Fsp3) is 0.700. The third kappa shape index (κ3) is 3.77. The second kappa shape index (κ2) is 7.09. The monoisotopic (exact) mass is 372 g/mol. The first-order chi connectivity index (χ1) is 13.0. The van der Waals surface area contributed by atoms with Gasteiger partial charge in [0, 0.05) is 37.4 Å². The van der Waals surface area contributed by atoms with E-state index in [1.54, 1.807) is 0 Å². The average Bonchev–Trinajstić information content (AvgIpc) is 3.26. The third-order valence-corrected chi connectivity index (χ3v) is 6.22. The van der Waals surface area contributed by atoms with E-state index in [4.69, 9.17) is 9.05 Å². The van der Waals surface area contributed by atoms with Crippen molar-refractivity contribution in [2.75, 3.05) is 13.1 Å². The first kappa shape index (κ1) is 18.2. The van der Waals surface area contributed by atoms with Crippen LogP contribution in [0.2, 0.25) is 0 Å². The number of nitrogens with zero attached hydrogens (tertiary/aromatic N) is 4. The third-order valence-electron chi connectivity index (χ3n) is 6.22. The van der Waals surface area contributed by atoms with Gasteiger partial charge in [-0.15, -0.1) is 0 Å². The van der Waals surface area contributed by atoms with Crippen LogP contribution in [0.4, 0.5) is 0 Å². The van der Waals surface area contributed by atoms with Gasteiger partial charge in [0.25, 0.3) is 0 Å². The summed E-state index contributed by atoms with van der Waals surface area (Å²) >= 11 is 0. The van der Waals surface area contributed by atoms with Crippen molar-refractivity contribution in [2.24, 2.45) is 5.92 Å². The molecular weight excluding hydrogens is 344 g/mol. The maximum Gasteiger partial charge on any atom is 0.223 e. The van der Waals surface area contributed by atoms with Gasteiger partial charge in [-0.2, -0.15) is 4.98 Å². The standard InChI is InChI=1S/C20H28N4O3/c1-13-17(14(2)26-22-13)6-7-18(25)24-10-8-20(9-11-24,12-16-4-5-16)19-21-15(3)27-23-19/h16H,4-12H2,1-3H3. The Labute approximate surface area is 159 Å². The Kier molecular flexibility index (Phi) is 4.78. The molecule has 146 valence electrons. The van der Waals surface area contributed by atoms with Crippen molar-refractivity contribution in [3.05, 3.63) is 28.7 Å². The SMILES string of the molecule is Cc1nc(C2(CC3CC3)CCN(C(=O)CCc3c(C)noc3C)CC2)no1. The first-order valence-electron chi connectivity index (χ1n) is 9.97. The number of likely N-dealkylation sites (tertiary alicyclic amines) is 1. The van der Waals surface area contributed by atoms with Gasteiger partial charge < -0.3 is 13.9 Å². The van der Waals surface area contributed by atoms with Crippen molar-refractivity contribution < 1.29 is 13.8 Å². The Morgan fingerprint density at radius 3 is 2.44 bits per heavy atom. The van der Waals surface area contributed by atoms with Crippen LogP contribution in [0.5, 0.6) is 0 Å². The van der Waals surface area contributed by atoms with Gasteiger partial charge in [-0.05, 0) is 45.4 Å². The van der Waals surface area contributed by atoms with Crippen LogP contribution in [-0.4, -0.2) is 39.2 Å². The van der Waals surface area contributed by atoms with Gasteiger partial charge in [0.05, 0.1) is 5.69 Å². The lowest BCUT2D eigenvalue weighted by atomic mass is 9.73. The van der Waals surface area contributed by atoms with E-state index < -0.39 is 0 Å². The predicted molar refractivity (Wildman–Crippen MR) is 98.2 cm³/mol. The summed E-state index contributed by atoms with van der Waals surface area (Å²) in [7, 11) is 0. The zero-order valence-corrected chi connectivity index (χ0v) is 16.5. The summed E-state index contributed by atoms with van der Waals surface area (Å²) in [6.07, 6.45) is 6.75. The smallest absolute Gasteiger partial charge is 0.223 e. The van der Waals surface area contributed by atoms with Crippen molar-refractivity contribution in [1.82, 2.24) is 20.2 Å². The molecule has 0 unspecified atom stereocenters. The number of amides is 1. The Hall–Kier alpha value is -2.18. The molecule has 2 aromatic rings. The molecule has 7 heteroatoms. The van der Waals surface area contributed by atoms with Crippen molar-refractivity contribution in [3.8, 4) is 0 Å². The van der Waals surface area contributed by atoms with Gasteiger partial charge in [-0.1, -0.05) is 23.2 Å². The van der Waals surface area contributed by atoms with Crippen molar-refractivity contribution >= 4 is 5.91 Å². The second-order valence-electron chi connectivity index (χ2n) is 8.25. The largest absolute Gasteiger partial charge is 0.361 e. The predicted octanol–water partition coefficient (Wildman–Crippen LogP) is 3.28. The van der Waals surface area contributed by atoms with Crippen molar-refractivity contribution in [2.45, 2.75) is 71.1 Å². The van der Waals surface area contributed by atoms with Crippen molar-refractivity contribution in [1.29, 1.82) is 0 Å². The van der Waals surface area contributed by atoms with E-state index in [1.165, 1.54) is 12.8 Å². The molecule has 1 aliphatic carbocycles. The summed E-state index contributed by atoms with van der Waals surface area (Å²) in [5.74, 6) is 3.27. The number of aryl methyl sites for hydroxylation is 3. The minimum Gasteiger partial charge on any atom is -0.361 e. The molecule has 0 N–H and O–H groups in total. The van der Waals surface area contributed by atoms with Crippen LogP contribution in [0.25, 0.3) is 0 Å². The quantitative estimate of drug-likeness (QED) is 0.773. The van der Waals surface area contributed by atoms with Crippen LogP contribution < -0.4 is 0 Å². The second-order valence-corrected chi connectivity index (χ2v) is 8.25. The summed E-state index contributed by atoms with van der Waals surface area (Å²) in [5.41, 5.74) is 1.91. The number of aromatic nitrogens is 3. The number of piperidine rings is 1. The molecule has 27 heavy (non-hydrogen) atoms. The molecule has 0 spiro atoms. The molecule has 0 bridgehead atoms. The highest BCUT2D eigenvalue weighted by molar-refractivity contribution is 5.76. The van der Waals surface area contributed by atoms with Crippen LogP contribution in [0.1, 0.15) is 67.3 Å². The molecule has 1 saturated carbocycles. The highest BCUT2D eigenvalue weighted by atomic mass is 16.5. The average molecular weight is 372 g/mol. The minimum atomic E-state index is -0.0304. The number of hydrogen-bond acceptors (Lipinski definition) is 6. The lowest BCUT2D eigenvalue weighted by Gasteiger charge is -2.40. The van der Waals surface area contributed by atoms with Gasteiger partial charge in [-0.25, -0.2) is 0 Å². The van der Waals surface area contributed by atoms with E-state index in [0.29, 0.717) is 18.7 Å². The van der Waals surface area contributed by atoms with Crippen molar-refractivity contribution in [3.63, 3.8) is 0 Å². The minimum absolute atomic E-state index is 0.0304. The highest BCUT2D eigenvalue weighted by Gasteiger charge is 2.44. The molecule has 3 heterocycles. The van der Waals surface area contributed by atoms with Gasteiger partial charge in [0.2, 0.25) is 11.8 Å². The lowest BCUT2D eigenvalue weighted by Crippen LogP contribution is -2.46. The Bertz CT molecular complexity index is 794. The number of carbonyl (C=O) groups excluding carboxylic acids is 1. The Morgan fingerprint density at radius 1 is 1.15 bits per heavy atom. The highest BCUT2D eigenvalue weighted by Crippen LogP contribution is 2.46. The lowest BCUT2D eigenvalue weighted by molar-refractivity contribution is -0.132. The topological polar surface area (TPSA) is 85.3 Å². The molecule has 0 aromatic carbocycles. The van der Waals surface area contributed by atoms with Gasteiger partial charge in [0.15, 0.2) is 5.82 Å². The Morgan fingerprint density at radius 2 is 1.89 bits per heavy atom. The van der Waals surface area contributed by atoms with E-state index in [9.17, 15) is 4.79 Å². The molecule has 0 radical (unpaired) electrons. The summed E-state index contributed by atoms with van der Waals surface area (Å²) < 4.78 is 10.5. The van der Waals surface area contributed by atoms with Crippen LogP contribution in [0.15, 0.2) is 9.05 Å². The fourth-order valence-electron chi connectivity index (χ4n) is 4.34. The first-order valence-corrected chi connectivity index (χ1v) is 9.97. The molecule has 1 aliphatic heterocycles.